The highest BCUT2D eigenvalue weighted by Gasteiger charge is 2.57. The molecule has 2 amide bonds. The zero-order valence-corrected chi connectivity index (χ0v) is 20.3. The molecule has 1 aromatic heterocycles. The number of aryl methyl sites for hydroxylation is 1. The van der Waals surface area contributed by atoms with Gasteiger partial charge in [0, 0.05) is 49.6 Å². The number of carboxylic acid groups (broad SMARTS) is 1. The molecule has 2 N–H and O–H groups in total. The normalized spacial score (nSPS) is 24.9. The van der Waals surface area contributed by atoms with E-state index in [1.165, 1.54) is 17.8 Å². The summed E-state index contributed by atoms with van der Waals surface area (Å²) in [7, 11) is 0. The van der Waals surface area contributed by atoms with Crippen molar-refractivity contribution < 1.29 is 32.7 Å². The van der Waals surface area contributed by atoms with Crippen molar-refractivity contribution in [1.29, 1.82) is 0 Å². The number of carbonyl (C=O) groups is 3. The van der Waals surface area contributed by atoms with Gasteiger partial charge >= 0.3 is 12.1 Å². The average molecular weight is 505 g/mol. The van der Waals surface area contributed by atoms with Gasteiger partial charge in [0.25, 0.3) is 5.91 Å². The SMILES string of the molecule is CCC(C)CN1C[C@H]2C(=O)NC3(CCN(C(=O)c4csc(C)n4)CC3)[C@H]2C1.O=C(O)C(F)(F)F. The summed E-state index contributed by atoms with van der Waals surface area (Å²) in [4.78, 5) is 43.0. The maximum atomic E-state index is 12.7. The number of aliphatic carboxylic acids is 1. The Labute approximate surface area is 200 Å². The van der Waals surface area contributed by atoms with Crippen molar-refractivity contribution in [2.75, 3.05) is 32.7 Å². The third kappa shape index (κ3) is 5.70. The fourth-order valence-corrected chi connectivity index (χ4v) is 5.68. The summed E-state index contributed by atoms with van der Waals surface area (Å²) in [6.45, 7) is 10.8. The van der Waals surface area contributed by atoms with Crippen LogP contribution in [-0.2, 0) is 9.59 Å². The lowest BCUT2D eigenvalue weighted by atomic mass is 9.75. The quantitative estimate of drug-likeness (QED) is 0.654. The van der Waals surface area contributed by atoms with Gasteiger partial charge in [-0.15, -0.1) is 11.3 Å². The highest BCUT2D eigenvalue weighted by atomic mass is 32.1. The van der Waals surface area contributed by atoms with E-state index in [0.717, 1.165) is 37.5 Å². The molecule has 3 aliphatic rings. The van der Waals surface area contributed by atoms with Crippen LogP contribution in [0.15, 0.2) is 5.38 Å². The molecule has 190 valence electrons. The molecule has 3 fully saturated rings. The Morgan fingerprint density at radius 2 is 1.94 bits per heavy atom. The Morgan fingerprint density at radius 1 is 1.32 bits per heavy atom. The highest BCUT2D eigenvalue weighted by Crippen LogP contribution is 2.44. The summed E-state index contributed by atoms with van der Waals surface area (Å²) in [5.41, 5.74) is 0.433. The zero-order valence-electron chi connectivity index (χ0n) is 19.5. The van der Waals surface area contributed by atoms with Gasteiger partial charge in [-0.3, -0.25) is 9.59 Å². The number of carbonyl (C=O) groups excluding carboxylic acids is 2. The molecule has 34 heavy (non-hydrogen) atoms. The number of alkyl halides is 3. The van der Waals surface area contributed by atoms with Gasteiger partial charge in [0.1, 0.15) is 5.69 Å². The minimum Gasteiger partial charge on any atom is -0.475 e. The van der Waals surface area contributed by atoms with Crippen LogP contribution in [-0.4, -0.2) is 82.1 Å². The van der Waals surface area contributed by atoms with Gasteiger partial charge in [0.2, 0.25) is 5.91 Å². The number of nitrogens with zero attached hydrogens (tertiary/aromatic N) is 3. The average Bonchev–Trinajstić information content (AvgIpc) is 3.45. The van der Waals surface area contributed by atoms with Gasteiger partial charge in [-0.05, 0) is 25.7 Å². The molecular weight excluding hydrogens is 473 g/mol. The van der Waals surface area contributed by atoms with Gasteiger partial charge in [0.05, 0.1) is 10.9 Å². The summed E-state index contributed by atoms with van der Waals surface area (Å²) in [6, 6.07) is 0. The van der Waals surface area contributed by atoms with E-state index >= 15 is 0 Å². The van der Waals surface area contributed by atoms with Crippen molar-refractivity contribution in [3.8, 4) is 0 Å². The molecule has 0 saturated carbocycles. The second-order valence-corrected chi connectivity index (χ2v) is 10.5. The highest BCUT2D eigenvalue weighted by molar-refractivity contribution is 7.09. The number of hydrogen-bond donors (Lipinski definition) is 2. The minimum absolute atomic E-state index is 0.0277. The minimum atomic E-state index is -5.08. The Hall–Kier alpha value is -2.21. The molecule has 0 radical (unpaired) electrons. The largest absolute Gasteiger partial charge is 0.490 e. The molecule has 12 heteroatoms. The van der Waals surface area contributed by atoms with Crippen LogP contribution in [0, 0.1) is 24.7 Å². The monoisotopic (exact) mass is 504 g/mol. The van der Waals surface area contributed by atoms with Crippen LogP contribution < -0.4 is 5.32 Å². The molecule has 3 saturated heterocycles. The number of aromatic nitrogens is 1. The summed E-state index contributed by atoms with van der Waals surface area (Å²) in [5.74, 6) is -1.33. The van der Waals surface area contributed by atoms with Crippen LogP contribution in [0.3, 0.4) is 0 Å². The van der Waals surface area contributed by atoms with Gasteiger partial charge < -0.3 is 20.2 Å². The number of nitrogens with one attached hydrogen (secondary N) is 1. The van der Waals surface area contributed by atoms with E-state index in [2.05, 4.69) is 29.0 Å². The lowest BCUT2D eigenvalue weighted by Crippen LogP contribution is -2.56. The van der Waals surface area contributed by atoms with E-state index < -0.39 is 12.1 Å². The van der Waals surface area contributed by atoms with Crippen molar-refractivity contribution in [1.82, 2.24) is 20.1 Å². The predicted molar refractivity (Wildman–Crippen MR) is 119 cm³/mol. The topological polar surface area (TPSA) is 103 Å². The summed E-state index contributed by atoms with van der Waals surface area (Å²) >= 11 is 1.51. The van der Waals surface area contributed by atoms with Crippen LogP contribution in [0.1, 0.15) is 48.6 Å². The van der Waals surface area contributed by atoms with E-state index in [4.69, 9.17) is 9.90 Å². The molecule has 1 spiro atoms. The first-order valence-electron chi connectivity index (χ1n) is 11.4. The van der Waals surface area contributed by atoms with Crippen molar-refractivity contribution in [2.45, 2.75) is 51.7 Å². The number of carboxylic acids is 1. The second-order valence-electron chi connectivity index (χ2n) is 9.44. The van der Waals surface area contributed by atoms with Crippen LogP contribution in [0.4, 0.5) is 13.2 Å². The van der Waals surface area contributed by atoms with E-state index in [1.54, 1.807) is 0 Å². The standard InChI is InChI=1S/C20H30N4O2S.C2HF3O2/c1-4-13(2)9-23-10-15-16(11-23)20(22-18(15)25)5-7-24(8-6-20)19(26)17-12-27-14(3)21-17;3-2(4,5)1(6)7/h12-13,15-16H,4-11H2,1-3H3,(H,22,25);(H,6,7)/t13?,15-,16+;/m1./s1. The Bertz CT molecular complexity index is 914. The molecule has 0 aromatic carbocycles. The Balaban J connectivity index is 0.000000406. The maximum absolute atomic E-state index is 12.7. The van der Waals surface area contributed by atoms with Crippen LogP contribution >= 0.6 is 11.3 Å². The predicted octanol–water partition coefficient (Wildman–Crippen LogP) is 2.78. The lowest BCUT2D eigenvalue weighted by Gasteiger charge is -2.42. The third-order valence-corrected chi connectivity index (χ3v) is 7.88. The van der Waals surface area contributed by atoms with Crippen molar-refractivity contribution in [2.24, 2.45) is 17.8 Å². The number of thiazole rings is 1. The molecule has 8 nitrogen and oxygen atoms in total. The van der Waals surface area contributed by atoms with E-state index in [-0.39, 0.29) is 23.3 Å². The van der Waals surface area contributed by atoms with Crippen LogP contribution in [0.5, 0.6) is 0 Å². The van der Waals surface area contributed by atoms with Gasteiger partial charge in [-0.25, -0.2) is 9.78 Å². The molecule has 3 atom stereocenters. The fraction of sp³-hybridized carbons (Fsp3) is 0.727. The first-order chi connectivity index (χ1) is 15.9. The van der Waals surface area contributed by atoms with Crippen LogP contribution in [0.25, 0.3) is 0 Å². The number of amides is 2. The molecular formula is C22H31F3N4O4S. The van der Waals surface area contributed by atoms with Gasteiger partial charge in [0.15, 0.2) is 0 Å². The van der Waals surface area contributed by atoms with E-state index in [9.17, 15) is 22.8 Å². The van der Waals surface area contributed by atoms with Crippen molar-refractivity contribution >= 4 is 29.1 Å². The summed E-state index contributed by atoms with van der Waals surface area (Å²) < 4.78 is 31.7. The molecule has 4 heterocycles. The number of piperidine rings is 1. The van der Waals surface area contributed by atoms with E-state index in [1.807, 2.05) is 17.2 Å². The zero-order chi connectivity index (χ0) is 25.3. The van der Waals surface area contributed by atoms with Crippen LogP contribution in [0.2, 0.25) is 0 Å². The summed E-state index contributed by atoms with van der Waals surface area (Å²) in [6.07, 6.45) is -2.20. The lowest BCUT2D eigenvalue weighted by molar-refractivity contribution is -0.192. The van der Waals surface area contributed by atoms with E-state index in [0.29, 0.717) is 30.6 Å². The molecule has 0 bridgehead atoms. The molecule has 3 aliphatic heterocycles. The number of likely N-dealkylation sites (tertiary alicyclic amines) is 2. The maximum Gasteiger partial charge on any atom is 0.490 e. The first-order valence-corrected chi connectivity index (χ1v) is 12.3. The molecule has 1 aromatic rings. The second kappa shape index (κ2) is 10.2. The summed E-state index contributed by atoms with van der Waals surface area (Å²) in [5, 5.41) is 13.2. The number of rotatable bonds is 4. The fourth-order valence-electron chi connectivity index (χ4n) is 5.09. The number of halogens is 3. The molecule has 0 aliphatic carbocycles. The van der Waals surface area contributed by atoms with Crippen molar-refractivity contribution in [3.05, 3.63) is 16.1 Å². The first kappa shape index (κ1) is 26.4. The number of hydrogen-bond acceptors (Lipinski definition) is 6. The smallest absolute Gasteiger partial charge is 0.475 e. The molecule has 1 unspecified atom stereocenters. The Kier molecular flexibility index (Phi) is 7.91. The third-order valence-electron chi connectivity index (χ3n) is 7.10. The van der Waals surface area contributed by atoms with Gasteiger partial charge in [-0.1, -0.05) is 20.3 Å². The van der Waals surface area contributed by atoms with Gasteiger partial charge in [-0.2, -0.15) is 13.2 Å². The van der Waals surface area contributed by atoms with Crippen molar-refractivity contribution in [3.63, 3.8) is 0 Å². The number of fused-ring (bicyclic) bond motifs is 2. The molecule has 4 rings (SSSR count). The Morgan fingerprint density at radius 3 is 2.44 bits per heavy atom.